The Labute approximate surface area is 114 Å². The third-order valence-electron chi connectivity index (χ3n) is 3.18. The number of nitro groups is 1. The second-order valence-electron chi connectivity index (χ2n) is 4.46. The van der Waals surface area contributed by atoms with Gasteiger partial charge in [0, 0.05) is 6.54 Å². The summed E-state index contributed by atoms with van der Waals surface area (Å²) in [5.74, 6) is 0. The lowest BCUT2D eigenvalue weighted by Crippen LogP contribution is -2.02. The van der Waals surface area contributed by atoms with E-state index in [1.54, 1.807) is 12.5 Å². The predicted octanol–water partition coefficient (Wildman–Crippen LogP) is 2.58. The van der Waals surface area contributed by atoms with E-state index in [-0.39, 0.29) is 5.69 Å². The van der Waals surface area contributed by atoms with Crippen molar-refractivity contribution in [1.29, 1.82) is 0 Å². The van der Waals surface area contributed by atoms with Crippen LogP contribution in [0.2, 0.25) is 0 Å². The molecule has 0 bridgehead atoms. The van der Waals surface area contributed by atoms with E-state index in [1.807, 2.05) is 34.9 Å². The van der Waals surface area contributed by atoms with Gasteiger partial charge in [-0.25, -0.2) is 4.98 Å². The van der Waals surface area contributed by atoms with Crippen molar-refractivity contribution in [2.24, 2.45) is 0 Å². The topological polar surface area (TPSA) is 73.8 Å². The quantitative estimate of drug-likeness (QED) is 0.538. The molecule has 0 aliphatic rings. The molecule has 0 N–H and O–H groups in total. The van der Waals surface area contributed by atoms with Crippen LogP contribution in [0.4, 0.5) is 5.69 Å². The molecule has 3 aromatic rings. The minimum absolute atomic E-state index is 0.00642. The van der Waals surface area contributed by atoms with E-state index in [4.69, 9.17) is 0 Å². The van der Waals surface area contributed by atoms with E-state index in [1.165, 1.54) is 11.8 Å². The largest absolute Gasteiger partial charge is 0.325 e. The van der Waals surface area contributed by atoms with Gasteiger partial charge in [-0.05, 0) is 12.0 Å². The van der Waals surface area contributed by atoms with Gasteiger partial charge >= 0.3 is 5.69 Å². The molecule has 0 spiro atoms. The Balaban J connectivity index is 1.94. The third kappa shape index (κ3) is 2.23. The Hall–Kier alpha value is -2.76. The summed E-state index contributed by atoms with van der Waals surface area (Å²) in [5, 5.41) is 11.1. The fourth-order valence-electron chi connectivity index (χ4n) is 2.21. The molecule has 6 heteroatoms. The maximum atomic E-state index is 11.1. The van der Waals surface area contributed by atoms with Crippen molar-refractivity contribution in [2.45, 2.75) is 13.0 Å². The van der Waals surface area contributed by atoms with Gasteiger partial charge in [0.05, 0.1) is 17.4 Å². The van der Waals surface area contributed by atoms with Crippen molar-refractivity contribution >= 4 is 16.7 Å². The van der Waals surface area contributed by atoms with Crippen LogP contribution in [-0.4, -0.2) is 19.5 Å². The first-order valence-electron chi connectivity index (χ1n) is 6.23. The maximum Gasteiger partial charge on any atom is 0.313 e. The van der Waals surface area contributed by atoms with Crippen LogP contribution in [0.15, 0.2) is 49.1 Å². The SMILES string of the molecule is O=[N+]([O-])c1cncc2ncn(CCc3ccccc3)c12. The second kappa shape index (κ2) is 5.08. The first kappa shape index (κ1) is 12.3. The Bertz CT molecular complexity index is 752. The molecule has 6 nitrogen and oxygen atoms in total. The summed E-state index contributed by atoms with van der Waals surface area (Å²) in [5.41, 5.74) is 2.26. The maximum absolute atomic E-state index is 11.1. The third-order valence-corrected chi connectivity index (χ3v) is 3.18. The molecule has 0 fully saturated rings. The lowest BCUT2D eigenvalue weighted by Gasteiger charge is -2.04. The lowest BCUT2D eigenvalue weighted by molar-refractivity contribution is -0.383. The van der Waals surface area contributed by atoms with Crippen molar-refractivity contribution in [2.75, 3.05) is 0 Å². The fourth-order valence-corrected chi connectivity index (χ4v) is 2.21. The summed E-state index contributed by atoms with van der Waals surface area (Å²) in [6, 6.07) is 10.00. The molecular weight excluding hydrogens is 256 g/mol. The monoisotopic (exact) mass is 268 g/mol. The number of hydrogen-bond donors (Lipinski definition) is 0. The zero-order valence-corrected chi connectivity index (χ0v) is 10.6. The van der Waals surface area contributed by atoms with Crippen LogP contribution in [0.5, 0.6) is 0 Å². The average molecular weight is 268 g/mol. The summed E-state index contributed by atoms with van der Waals surface area (Å²) >= 11 is 0. The molecule has 0 saturated heterocycles. The number of nitrogens with zero attached hydrogens (tertiary/aromatic N) is 4. The van der Waals surface area contributed by atoms with Crippen molar-refractivity contribution in [1.82, 2.24) is 14.5 Å². The highest BCUT2D eigenvalue weighted by molar-refractivity contribution is 5.83. The Kier molecular flexibility index (Phi) is 3.12. The van der Waals surface area contributed by atoms with Gasteiger partial charge < -0.3 is 4.57 Å². The van der Waals surface area contributed by atoms with Gasteiger partial charge in [-0.3, -0.25) is 15.1 Å². The molecule has 3 rings (SSSR count). The van der Waals surface area contributed by atoms with Crippen molar-refractivity contribution < 1.29 is 4.92 Å². The van der Waals surface area contributed by atoms with Gasteiger partial charge in [-0.1, -0.05) is 30.3 Å². The number of benzene rings is 1. The number of rotatable bonds is 4. The normalized spacial score (nSPS) is 10.8. The molecule has 2 aromatic heterocycles. The van der Waals surface area contributed by atoms with Crippen LogP contribution in [0.1, 0.15) is 5.56 Å². The van der Waals surface area contributed by atoms with Crippen LogP contribution in [0.25, 0.3) is 11.0 Å². The van der Waals surface area contributed by atoms with Crippen LogP contribution in [0, 0.1) is 10.1 Å². The number of fused-ring (bicyclic) bond motifs is 1. The molecule has 0 saturated carbocycles. The molecule has 0 atom stereocenters. The number of imidazole rings is 1. The lowest BCUT2D eigenvalue weighted by atomic mass is 10.1. The molecule has 20 heavy (non-hydrogen) atoms. The molecule has 0 aliphatic carbocycles. The van der Waals surface area contributed by atoms with Gasteiger partial charge in [0.15, 0.2) is 5.52 Å². The molecule has 2 heterocycles. The molecule has 1 aromatic carbocycles. The molecule has 100 valence electrons. The molecule has 0 aliphatic heterocycles. The highest BCUT2D eigenvalue weighted by Crippen LogP contribution is 2.23. The summed E-state index contributed by atoms with van der Waals surface area (Å²) in [4.78, 5) is 18.7. The number of pyridine rings is 1. The Morgan fingerprint density at radius 1 is 1.20 bits per heavy atom. The van der Waals surface area contributed by atoms with E-state index >= 15 is 0 Å². The van der Waals surface area contributed by atoms with E-state index in [0.717, 1.165) is 6.42 Å². The second-order valence-corrected chi connectivity index (χ2v) is 4.46. The predicted molar refractivity (Wildman–Crippen MR) is 74.3 cm³/mol. The van der Waals surface area contributed by atoms with Crippen LogP contribution in [-0.2, 0) is 13.0 Å². The summed E-state index contributed by atoms with van der Waals surface area (Å²) in [7, 11) is 0. The van der Waals surface area contributed by atoms with E-state index in [0.29, 0.717) is 17.6 Å². The average Bonchev–Trinajstić information content (AvgIpc) is 2.89. The van der Waals surface area contributed by atoms with Crippen molar-refractivity contribution in [3.05, 3.63) is 64.7 Å². The van der Waals surface area contributed by atoms with E-state index in [2.05, 4.69) is 9.97 Å². The molecule has 0 amide bonds. The Morgan fingerprint density at radius 3 is 2.75 bits per heavy atom. The molecule has 0 radical (unpaired) electrons. The number of aryl methyl sites for hydroxylation is 2. The number of hydrogen-bond acceptors (Lipinski definition) is 4. The first-order chi connectivity index (χ1) is 9.75. The van der Waals surface area contributed by atoms with Crippen LogP contribution >= 0.6 is 0 Å². The van der Waals surface area contributed by atoms with E-state index < -0.39 is 4.92 Å². The van der Waals surface area contributed by atoms with Gasteiger partial charge in [-0.15, -0.1) is 0 Å². The van der Waals surface area contributed by atoms with Gasteiger partial charge in [-0.2, -0.15) is 0 Å². The molecule has 0 unspecified atom stereocenters. The van der Waals surface area contributed by atoms with Gasteiger partial charge in [0.2, 0.25) is 0 Å². The molecular formula is C14H12N4O2. The van der Waals surface area contributed by atoms with Crippen LogP contribution in [0.3, 0.4) is 0 Å². The van der Waals surface area contributed by atoms with Crippen LogP contribution < -0.4 is 0 Å². The van der Waals surface area contributed by atoms with E-state index in [9.17, 15) is 10.1 Å². The highest BCUT2D eigenvalue weighted by Gasteiger charge is 2.17. The standard InChI is InChI=1S/C14H12N4O2/c19-18(20)13-9-15-8-12-14(13)17(10-16-12)7-6-11-4-2-1-3-5-11/h1-5,8-10H,6-7H2. The van der Waals surface area contributed by atoms with Crippen molar-refractivity contribution in [3.8, 4) is 0 Å². The minimum atomic E-state index is -0.421. The summed E-state index contributed by atoms with van der Waals surface area (Å²) < 4.78 is 1.81. The first-order valence-corrected chi connectivity index (χ1v) is 6.23. The zero-order valence-electron chi connectivity index (χ0n) is 10.6. The van der Waals surface area contributed by atoms with Gasteiger partial charge in [0.1, 0.15) is 11.7 Å². The summed E-state index contributed by atoms with van der Waals surface area (Å²) in [6.07, 6.45) is 5.23. The summed E-state index contributed by atoms with van der Waals surface area (Å²) in [6.45, 7) is 0.644. The minimum Gasteiger partial charge on any atom is -0.325 e. The fraction of sp³-hybridized carbons (Fsp3) is 0.143. The smallest absolute Gasteiger partial charge is 0.313 e. The Morgan fingerprint density at radius 2 is 2.00 bits per heavy atom. The zero-order chi connectivity index (χ0) is 13.9. The number of aromatic nitrogens is 3. The van der Waals surface area contributed by atoms with Gasteiger partial charge in [0.25, 0.3) is 0 Å². The van der Waals surface area contributed by atoms with Crippen molar-refractivity contribution in [3.63, 3.8) is 0 Å². The highest BCUT2D eigenvalue weighted by atomic mass is 16.6.